The van der Waals surface area contributed by atoms with Gasteiger partial charge in [0.2, 0.25) is 0 Å². The van der Waals surface area contributed by atoms with E-state index in [1.165, 1.54) is 5.56 Å². The van der Waals surface area contributed by atoms with Crippen molar-refractivity contribution in [3.63, 3.8) is 0 Å². The van der Waals surface area contributed by atoms with Crippen LogP contribution in [0.3, 0.4) is 0 Å². The zero-order valence-corrected chi connectivity index (χ0v) is 12.6. The van der Waals surface area contributed by atoms with Crippen LogP contribution in [0.25, 0.3) is 0 Å². The maximum absolute atomic E-state index is 5.77. The lowest BCUT2D eigenvalue weighted by Crippen LogP contribution is -2.23. The summed E-state index contributed by atoms with van der Waals surface area (Å²) < 4.78 is 5.77. The van der Waals surface area contributed by atoms with Crippen molar-refractivity contribution in [1.29, 1.82) is 0 Å². The van der Waals surface area contributed by atoms with Gasteiger partial charge in [-0.05, 0) is 66.2 Å². The number of hydrogen-bond acceptors (Lipinski definition) is 3. The number of rotatable bonds is 5. The summed E-state index contributed by atoms with van der Waals surface area (Å²) in [4.78, 5) is 0. The lowest BCUT2D eigenvalue weighted by atomic mass is 10.2. The van der Waals surface area contributed by atoms with Gasteiger partial charge in [0.15, 0.2) is 5.11 Å². The highest BCUT2D eigenvalue weighted by molar-refractivity contribution is 7.80. The van der Waals surface area contributed by atoms with Gasteiger partial charge >= 0.3 is 0 Å². The minimum atomic E-state index is 0.140. The highest BCUT2D eigenvalue weighted by Gasteiger charge is 1.97. The van der Waals surface area contributed by atoms with Gasteiger partial charge in [-0.25, -0.2) is 0 Å². The Bertz CT molecular complexity index is 621. The Morgan fingerprint density at radius 2 is 1.71 bits per heavy atom. The molecule has 21 heavy (non-hydrogen) atoms. The molecular weight excluding hydrogens is 282 g/mol. The van der Waals surface area contributed by atoms with Gasteiger partial charge in [0.05, 0.1) is 6.21 Å². The van der Waals surface area contributed by atoms with E-state index in [0.29, 0.717) is 0 Å². The molecule has 0 aliphatic rings. The Hall–Kier alpha value is -2.40. The van der Waals surface area contributed by atoms with Gasteiger partial charge in [-0.2, -0.15) is 5.10 Å². The normalized spacial score (nSPS) is 10.5. The van der Waals surface area contributed by atoms with E-state index in [-0.39, 0.29) is 5.11 Å². The summed E-state index contributed by atoms with van der Waals surface area (Å²) in [5, 5.41) is 4.03. The maximum Gasteiger partial charge on any atom is 0.184 e. The molecule has 0 amide bonds. The summed E-state index contributed by atoms with van der Waals surface area (Å²) >= 11 is 4.66. The van der Waals surface area contributed by atoms with Crippen molar-refractivity contribution >= 4 is 23.5 Å². The lowest BCUT2D eigenvalue weighted by molar-refractivity contribution is 0.482. The standard InChI is InChI=1S/C16H17N3OS/c1-2-12-3-7-14(8-4-12)20-15-9-5-13(6-10-15)11-18-19-16(17)21/h3-11H,2H2,1H3,(H3,17,19,21). The third-order valence-corrected chi connectivity index (χ3v) is 2.93. The van der Waals surface area contributed by atoms with E-state index in [4.69, 9.17) is 10.5 Å². The highest BCUT2D eigenvalue weighted by Crippen LogP contribution is 2.21. The van der Waals surface area contributed by atoms with Crippen LogP contribution < -0.4 is 15.9 Å². The second-order valence-electron chi connectivity index (χ2n) is 4.40. The van der Waals surface area contributed by atoms with Crippen LogP contribution in [0.4, 0.5) is 0 Å². The van der Waals surface area contributed by atoms with Crippen molar-refractivity contribution in [2.45, 2.75) is 13.3 Å². The topological polar surface area (TPSA) is 59.6 Å². The highest BCUT2D eigenvalue weighted by atomic mass is 32.1. The first-order valence-corrected chi connectivity index (χ1v) is 7.03. The molecule has 0 aromatic heterocycles. The number of nitrogens with zero attached hydrogens (tertiary/aromatic N) is 1. The monoisotopic (exact) mass is 299 g/mol. The number of thiocarbonyl (C=S) groups is 1. The predicted molar refractivity (Wildman–Crippen MR) is 89.9 cm³/mol. The Balaban J connectivity index is 1.98. The third-order valence-electron chi connectivity index (χ3n) is 2.84. The number of ether oxygens (including phenoxy) is 1. The number of hydrazone groups is 1. The molecule has 2 rings (SSSR count). The quantitative estimate of drug-likeness (QED) is 0.505. The van der Waals surface area contributed by atoms with Crippen LogP contribution in [0.15, 0.2) is 53.6 Å². The third kappa shape index (κ3) is 4.89. The van der Waals surface area contributed by atoms with E-state index in [2.05, 4.69) is 41.8 Å². The molecule has 0 spiro atoms. The minimum Gasteiger partial charge on any atom is -0.457 e. The number of nitrogens with one attached hydrogen (secondary N) is 1. The van der Waals surface area contributed by atoms with Crippen LogP contribution in [0.5, 0.6) is 11.5 Å². The zero-order chi connectivity index (χ0) is 15.1. The molecule has 108 valence electrons. The summed E-state index contributed by atoms with van der Waals surface area (Å²) in [5.41, 5.74) is 9.99. The fraction of sp³-hybridized carbons (Fsp3) is 0.125. The average molecular weight is 299 g/mol. The first-order chi connectivity index (χ1) is 10.2. The summed E-state index contributed by atoms with van der Waals surface area (Å²) in [6.45, 7) is 2.13. The van der Waals surface area contributed by atoms with Crippen molar-refractivity contribution in [2.75, 3.05) is 0 Å². The van der Waals surface area contributed by atoms with Gasteiger partial charge in [-0.3, -0.25) is 5.43 Å². The Kier molecular flexibility index (Phi) is 5.29. The fourth-order valence-electron chi connectivity index (χ4n) is 1.72. The number of benzene rings is 2. The zero-order valence-electron chi connectivity index (χ0n) is 11.7. The molecule has 0 saturated heterocycles. The summed E-state index contributed by atoms with van der Waals surface area (Å²) in [5.74, 6) is 1.60. The smallest absolute Gasteiger partial charge is 0.184 e. The second-order valence-corrected chi connectivity index (χ2v) is 4.84. The largest absolute Gasteiger partial charge is 0.457 e. The summed E-state index contributed by atoms with van der Waals surface area (Å²) in [7, 11) is 0. The van der Waals surface area contributed by atoms with E-state index in [9.17, 15) is 0 Å². The van der Waals surface area contributed by atoms with Crippen molar-refractivity contribution in [3.05, 3.63) is 59.7 Å². The first-order valence-electron chi connectivity index (χ1n) is 6.62. The van der Waals surface area contributed by atoms with Crippen LogP contribution in [-0.4, -0.2) is 11.3 Å². The van der Waals surface area contributed by atoms with Gasteiger partial charge in [0.1, 0.15) is 11.5 Å². The molecule has 3 N–H and O–H groups in total. The molecule has 0 unspecified atom stereocenters. The molecule has 5 heteroatoms. The van der Waals surface area contributed by atoms with E-state index in [0.717, 1.165) is 23.5 Å². The predicted octanol–water partition coefficient (Wildman–Crippen LogP) is 3.21. The molecule has 0 aliphatic heterocycles. The number of nitrogens with two attached hydrogens (primary N) is 1. The molecule has 0 radical (unpaired) electrons. The molecule has 0 bridgehead atoms. The van der Waals surface area contributed by atoms with Crippen molar-refractivity contribution in [3.8, 4) is 11.5 Å². The van der Waals surface area contributed by atoms with Crippen molar-refractivity contribution in [1.82, 2.24) is 5.43 Å². The van der Waals surface area contributed by atoms with E-state index in [1.807, 2.05) is 36.4 Å². The van der Waals surface area contributed by atoms with Gasteiger partial charge in [0.25, 0.3) is 0 Å². The summed E-state index contributed by atoms with van der Waals surface area (Å²) in [6, 6.07) is 15.7. The average Bonchev–Trinajstić information content (AvgIpc) is 2.49. The van der Waals surface area contributed by atoms with Crippen LogP contribution in [0, 0.1) is 0 Å². The van der Waals surface area contributed by atoms with Gasteiger partial charge in [-0.1, -0.05) is 19.1 Å². The fourth-order valence-corrected chi connectivity index (χ4v) is 1.77. The van der Waals surface area contributed by atoms with E-state index in [1.54, 1.807) is 6.21 Å². The SMILES string of the molecule is CCc1ccc(Oc2ccc(C=NNC(N)=S)cc2)cc1. The number of hydrogen-bond donors (Lipinski definition) is 2. The van der Waals surface area contributed by atoms with E-state index < -0.39 is 0 Å². The number of aryl methyl sites for hydroxylation is 1. The lowest BCUT2D eigenvalue weighted by Gasteiger charge is -2.06. The minimum absolute atomic E-state index is 0.140. The Morgan fingerprint density at radius 3 is 2.24 bits per heavy atom. The van der Waals surface area contributed by atoms with Gasteiger partial charge < -0.3 is 10.5 Å². The Morgan fingerprint density at radius 1 is 1.14 bits per heavy atom. The summed E-state index contributed by atoms with van der Waals surface area (Å²) in [6.07, 6.45) is 2.66. The first kappa shape index (κ1) is 15.0. The van der Waals surface area contributed by atoms with Gasteiger partial charge in [-0.15, -0.1) is 0 Å². The molecule has 0 heterocycles. The molecule has 4 nitrogen and oxygen atoms in total. The van der Waals surface area contributed by atoms with Crippen LogP contribution in [0.1, 0.15) is 18.1 Å². The molecule has 2 aromatic carbocycles. The molecule has 0 saturated carbocycles. The van der Waals surface area contributed by atoms with Crippen molar-refractivity contribution < 1.29 is 4.74 Å². The van der Waals surface area contributed by atoms with Crippen LogP contribution >= 0.6 is 12.2 Å². The molecule has 2 aromatic rings. The van der Waals surface area contributed by atoms with Crippen LogP contribution in [-0.2, 0) is 6.42 Å². The molecule has 0 fully saturated rings. The molecule has 0 aliphatic carbocycles. The van der Waals surface area contributed by atoms with Crippen molar-refractivity contribution in [2.24, 2.45) is 10.8 Å². The molecular formula is C16H17N3OS. The second kappa shape index (κ2) is 7.40. The van der Waals surface area contributed by atoms with Gasteiger partial charge in [0, 0.05) is 0 Å². The van der Waals surface area contributed by atoms with E-state index >= 15 is 0 Å². The Labute approximate surface area is 129 Å². The van der Waals surface area contributed by atoms with Crippen LogP contribution in [0.2, 0.25) is 0 Å². The maximum atomic E-state index is 5.77. The molecule has 0 atom stereocenters.